The van der Waals surface area contributed by atoms with Gasteiger partial charge in [0.2, 0.25) is 10.0 Å². The normalized spacial score (nSPS) is 22.7. The van der Waals surface area contributed by atoms with E-state index in [0.717, 1.165) is 17.8 Å². The van der Waals surface area contributed by atoms with E-state index >= 15 is 0 Å². The second-order valence-electron chi connectivity index (χ2n) is 5.14. The van der Waals surface area contributed by atoms with E-state index in [0.29, 0.717) is 23.9 Å². The van der Waals surface area contributed by atoms with Crippen molar-refractivity contribution in [3.63, 3.8) is 0 Å². The van der Waals surface area contributed by atoms with Crippen molar-refractivity contribution in [2.75, 3.05) is 13.6 Å². The molecule has 0 spiro atoms. The van der Waals surface area contributed by atoms with Gasteiger partial charge in [0.25, 0.3) is 0 Å². The first-order valence-corrected chi connectivity index (χ1v) is 8.34. The van der Waals surface area contributed by atoms with Crippen molar-refractivity contribution < 1.29 is 18.3 Å². The van der Waals surface area contributed by atoms with E-state index in [2.05, 4.69) is 6.92 Å². The highest BCUT2D eigenvalue weighted by Crippen LogP contribution is 2.39. The van der Waals surface area contributed by atoms with Crippen molar-refractivity contribution in [1.82, 2.24) is 4.31 Å². The number of carboxylic acid groups (broad SMARTS) is 1. The van der Waals surface area contributed by atoms with E-state index in [-0.39, 0.29) is 9.77 Å². The molecule has 106 valence electrons. The maximum absolute atomic E-state index is 12.5. The van der Waals surface area contributed by atoms with Gasteiger partial charge in [-0.3, -0.25) is 0 Å². The Bertz CT molecular complexity index is 605. The first-order chi connectivity index (χ1) is 8.75. The van der Waals surface area contributed by atoms with Gasteiger partial charge in [-0.05, 0) is 36.1 Å². The van der Waals surface area contributed by atoms with Gasteiger partial charge in [-0.1, -0.05) is 6.92 Å². The quantitative estimate of drug-likeness (QED) is 0.903. The summed E-state index contributed by atoms with van der Waals surface area (Å²) in [5.41, 5.74) is 0.498. The maximum atomic E-state index is 12.5. The first kappa shape index (κ1) is 14.5. The number of carboxylic acids is 1. The largest absolute Gasteiger partial charge is 0.477 e. The van der Waals surface area contributed by atoms with Crippen LogP contribution in [0.1, 0.15) is 28.6 Å². The standard InChI is InChI=1S/C12H17NO4S2/c1-7-4-9(7)5-13(3)19(16,17)11-8(2)6-18-10(11)12(14)15/h6-7,9H,4-5H2,1-3H3,(H,14,15). The summed E-state index contributed by atoms with van der Waals surface area (Å²) >= 11 is 0.958. The van der Waals surface area contributed by atoms with Gasteiger partial charge in [-0.15, -0.1) is 11.3 Å². The molecule has 1 N–H and O–H groups in total. The first-order valence-electron chi connectivity index (χ1n) is 6.03. The molecule has 19 heavy (non-hydrogen) atoms. The predicted molar refractivity (Wildman–Crippen MR) is 73.1 cm³/mol. The molecule has 1 aromatic rings. The van der Waals surface area contributed by atoms with Crippen molar-refractivity contribution in [2.45, 2.75) is 25.2 Å². The maximum Gasteiger partial charge on any atom is 0.347 e. The highest BCUT2D eigenvalue weighted by Gasteiger charge is 2.38. The summed E-state index contributed by atoms with van der Waals surface area (Å²) in [5, 5.41) is 10.7. The molecule has 0 amide bonds. The molecule has 0 radical (unpaired) electrons. The van der Waals surface area contributed by atoms with Crippen LogP contribution in [0.5, 0.6) is 0 Å². The molecule has 1 aromatic heterocycles. The van der Waals surface area contributed by atoms with Crippen molar-refractivity contribution in [2.24, 2.45) is 11.8 Å². The number of thiophene rings is 1. The average molecular weight is 303 g/mol. The molecule has 2 unspecified atom stereocenters. The van der Waals surface area contributed by atoms with Gasteiger partial charge in [-0.2, -0.15) is 0 Å². The number of aromatic carboxylic acids is 1. The predicted octanol–water partition coefficient (Wildman–Crippen LogP) is 2.03. The van der Waals surface area contributed by atoms with Crippen LogP contribution in [-0.2, 0) is 10.0 Å². The van der Waals surface area contributed by atoms with Crippen LogP contribution in [0.15, 0.2) is 10.3 Å². The van der Waals surface area contributed by atoms with Gasteiger partial charge in [0, 0.05) is 13.6 Å². The van der Waals surface area contributed by atoms with Gasteiger partial charge in [-0.25, -0.2) is 17.5 Å². The number of hydrogen-bond acceptors (Lipinski definition) is 4. The molecule has 2 atom stereocenters. The minimum atomic E-state index is -3.72. The molecule has 1 fully saturated rings. The number of rotatable bonds is 5. The second-order valence-corrected chi connectivity index (χ2v) is 8.00. The highest BCUT2D eigenvalue weighted by molar-refractivity contribution is 7.89. The van der Waals surface area contributed by atoms with Crippen LogP contribution < -0.4 is 0 Å². The number of aryl methyl sites for hydroxylation is 1. The molecular weight excluding hydrogens is 286 g/mol. The van der Waals surface area contributed by atoms with Crippen LogP contribution in [0, 0.1) is 18.8 Å². The fraction of sp³-hybridized carbons (Fsp3) is 0.583. The minimum Gasteiger partial charge on any atom is -0.477 e. The lowest BCUT2D eigenvalue weighted by atomic mass is 10.3. The number of carbonyl (C=O) groups is 1. The molecule has 2 rings (SSSR count). The van der Waals surface area contributed by atoms with E-state index in [1.54, 1.807) is 12.3 Å². The molecule has 1 aliphatic rings. The third-order valence-corrected chi connectivity index (χ3v) is 6.77. The molecule has 1 aliphatic carbocycles. The van der Waals surface area contributed by atoms with Gasteiger partial charge in [0.15, 0.2) is 0 Å². The Labute approximate surface area is 116 Å². The van der Waals surface area contributed by atoms with Gasteiger partial charge in [0.1, 0.15) is 9.77 Å². The summed E-state index contributed by atoms with van der Waals surface area (Å²) in [4.78, 5) is 11.0. The Morgan fingerprint density at radius 1 is 1.58 bits per heavy atom. The summed E-state index contributed by atoms with van der Waals surface area (Å²) in [6.07, 6.45) is 1.04. The van der Waals surface area contributed by atoms with Crippen LogP contribution in [0.25, 0.3) is 0 Å². The lowest BCUT2D eigenvalue weighted by molar-refractivity contribution is 0.0698. The van der Waals surface area contributed by atoms with E-state index in [9.17, 15) is 13.2 Å². The Morgan fingerprint density at radius 3 is 2.63 bits per heavy atom. The molecule has 5 nitrogen and oxygen atoms in total. The molecule has 1 heterocycles. The zero-order valence-corrected chi connectivity index (χ0v) is 12.7. The van der Waals surface area contributed by atoms with E-state index < -0.39 is 16.0 Å². The van der Waals surface area contributed by atoms with Crippen LogP contribution in [0.4, 0.5) is 0 Å². The van der Waals surface area contributed by atoms with Gasteiger partial charge in [0.05, 0.1) is 0 Å². The average Bonchev–Trinajstić information content (AvgIpc) is 2.84. The monoisotopic (exact) mass is 303 g/mol. The Balaban J connectivity index is 2.33. The summed E-state index contributed by atoms with van der Waals surface area (Å²) in [6.45, 7) is 4.17. The van der Waals surface area contributed by atoms with Crippen molar-refractivity contribution in [3.05, 3.63) is 15.8 Å². The molecular formula is C12H17NO4S2. The number of sulfonamides is 1. The zero-order chi connectivity index (χ0) is 14.4. The second kappa shape index (κ2) is 4.88. The van der Waals surface area contributed by atoms with Crippen LogP contribution in [0.2, 0.25) is 0 Å². The highest BCUT2D eigenvalue weighted by atomic mass is 32.2. The molecule has 0 aliphatic heterocycles. The van der Waals surface area contributed by atoms with E-state index in [4.69, 9.17) is 5.11 Å². The fourth-order valence-electron chi connectivity index (χ4n) is 2.14. The summed E-state index contributed by atoms with van der Waals surface area (Å²) in [6, 6.07) is 0. The topological polar surface area (TPSA) is 74.7 Å². The molecule has 7 heteroatoms. The van der Waals surface area contributed by atoms with Gasteiger partial charge < -0.3 is 5.11 Å². The van der Waals surface area contributed by atoms with Crippen LogP contribution >= 0.6 is 11.3 Å². The Hall–Kier alpha value is -0.920. The minimum absolute atomic E-state index is 0.0548. The summed E-state index contributed by atoms with van der Waals surface area (Å²) in [5.74, 6) is -0.239. The molecule has 0 bridgehead atoms. The molecule has 0 saturated heterocycles. The third-order valence-electron chi connectivity index (χ3n) is 3.55. The molecule has 1 saturated carbocycles. The van der Waals surface area contributed by atoms with E-state index in [1.807, 2.05) is 0 Å². The number of hydrogen-bond donors (Lipinski definition) is 1. The molecule has 0 aromatic carbocycles. The van der Waals surface area contributed by atoms with Crippen molar-refractivity contribution in [3.8, 4) is 0 Å². The zero-order valence-electron chi connectivity index (χ0n) is 11.1. The number of nitrogens with zero attached hydrogens (tertiary/aromatic N) is 1. The fourth-order valence-corrected chi connectivity index (χ4v) is 4.94. The Kier molecular flexibility index (Phi) is 3.72. The van der Waals surface area contributed by atoms with Crippen molar-refractivity contribution >= 4 is 27.3 Å². The van der Waals surface area contributed by atoms with Gasteiger partial charge >= 0.3 is 5.97 Å². The van der Waals surface area contributed by atoms with Crippen LogP contribution in [-0.4, -0.2) is 37.4 Å². The SMILES string of the molecule is Cc1csc(C(=O)O)c1S(=O)(=O)N(C)CC1CC1C. The van der Waals surface area contributed by atoms with Crippen molar-refractivity contribution in [1.29, 1.82) is 0 Å². The van der Waals surface area contributed by atoms with Crippen LogP contribution in [0.3, 0.4) is 0 Å². The smallest absolute Gasteiger partial charge is 0.347 e. The lowest BCUT2D eigenvalue weighted by Crippen LogP contribution is -2.30. The van der Waals surface area contributed by atoms with E-state index in [1.165, 1.54) is 11.4 Å². The third kappa shape index (κ3) is 2.68. The lowest BCUT2D eigenvalue weighted by Gasteiger charge is -2.17. The Morgan fingerprint density at radius 2 is 2.16 bits per heavy atom. The summed E-state index contributed by atoms with van der Waals surface area (Å²) in [7, 11) is -2.20. The summed E-state index contributed by atoms with van der Waals surface area (Å²) < 4.78 is 26.2.